The Kier molecular flexibility index (Phi) is 5.44. The van der Waals surface area contributed by atoms with Crippen LogP contribution in [0.1, 0.15) is 38.5 Å². The number of hydrogen-bond donors (Lipinski definition) is 1. The minimum atomic E-state index is -0.495. The molecule has 3 aromatic carbocycles. The Labute approximate surface area is 189 Å². The van der Waals surface area contributed by atoms with Gasteiger partial charge in [0.25, 0.3) is 11.5 Å². The number of para-hydroxylation sites is 1. The van der Waals surface area contributed by atoms with Crippen LogP contribution in [0.5, 0.6) is 0 Å². The van der Waals surface area contributed by atoms with Gasteiger partial charge in [-0.25, -0.2) is 9.78 Å². The van der Waals surface area contributed by atoms with Gasteiger partial charge in [-0.15, -0.1) is 0 Å². The van der Waals surface area contributed by atoms with E-state index >= 15 is 0 Å². The third kappa shape index (κ3) is 4.25. The van der Waals surface area contributed by atoms with Crippen LogP contribution >= 0.6 is 0 Å². The molecule has 7 heteroatoms. The first kappa shape index (κ1) is 20.6. The van der Waals surface area contributed by atoms with Crippen molar-refractivity contribution >= 4 is 28.5 Å². The number of amides is 1. The van der Waals surface area contributed by atoms with Crippen molar-refractivity contribution in [3.8, 4) is 0 Å². The van der Waals surface area contributed by atoms with Crippen molar-refractivity contribution in [2.24, 2.45) is 0 Å². The molecule has 0 atom stereocenters. The first-order valence-corrected chi connectivity index (χ1v) is 10.7. The highest BCUT2D eigenvalue weighted by molar-refractivity contribution is 6.04. The largest absolute Gasteiger partial charge is 0.457 e. The molecule has 0 unspecified atom stereocenters. The number of aromatic nitrogens is 2. The number of ether oxygens (including phenoxy) is 1. The number of nitrogens with zero attached hydrogens (tertiary/aromatic N) is 2. The summed E-state index contributed by atoms with van der Waals surface area (Å²) in [5.41, 5.74) is 2.78. The lowest BCUT2D eigenvalue weighted by Crippen LogP contribution is -2.21. The zero-order valence-corrected chi connectivity index (χ0v) is 17.8. The van der Waals surface area contributed by atoms with Gasteiger partial charge in [-0.3, -0.25) is 14.2 Å². The molecule has 5 rings (SSSR count). The molecule has 0 aliphatic carbocycles. The minimum absolute atomic E-state index is 0.0659. The van der Waals surface area contributed by atoms with E-state index in [0.717, 1.165) is 29.9 Å². The number of benzene rings is 3. The third-order valence-corrected chi connectivity index (χ3v) is 5.67. The quantitative estimate of drug-likeness (QED) is 0.476. The smallest absolute Gasteiger partial charge is 0.338 e. The highest BCUT2D eigenvalue weighted by Gasteiger charge is 2.17. The number of nitrogens with one attached hydrogen (secondary N) is 1. The second-order valence-electron chi connectivity index (χ2n) is 7.91. The van der Waals surface area contributed by atoms with Crippen LogP contribution in [0.15, 0.2) is 77.6 Å². The van der Waals surface area contributed by atoms with Crippen molar-refractivity contribution in [2.45, 2.75) is 26.0 Å². The number of esters is 1. The summed E-state index contributed by atoms with van der Waals surface area (Å²) in [5, 5.41) is 3.33. The van der Waals surface area contributed by atoms with E-state index in [1.807, 2.05) is 30.3 Å². The molecule has 1 aromatic heterocycles. The van der Waals surface area contributed by atoms with Crippen LogP contribution in [0.25, 0.3) is 10.9 Å². The van der Waals surface area contributed by atoms with E-state index in [-0.39, 0.29) is 18.1 Å². The number of carbonyl (C=O) groups is 2. The molecule has 0 saturated carbocycles. The van der Waals surface area contributed by atoms with Gasteiger partial charge < -0.3 is 10.1 Å². The van der Waals surface area contributed by atoms with Crippen molar-refractivity contribution in [2.75, 3.05) is 5.32 Å². The van der Waals surface area contributed by atoms with Gasteiger partial charge in [0.2, 0.25) is 0 Å². The van der Waals surface area contributed by atoms with Gasteiger partial charge in [-0.1, -0.05) is 30.3 Å². The second kappa shape index (κ2) is 8.70. The van der Waals surface area contributed by atoms with Crippen LogP contribution in [0.2, 0.25) is 0 Å². The lowest BCUT2D eigenvalue weighted by molar-refractivity contribution is 0.0472. The average molecular weight is 439 g/mol. The van der Waals surface area contributed by atoms with Crippen molar-refractivity contribution < 1.29 is 14.3 Å². The summed E-state index contributed by atoms with van der Waals surface area (Å²) in [5.74, 6) is 0.0513. The molecule has 0 fully saturated rings. The predicted molar refractivity (Wildman–Crippen MR) is 124 cm³/mol. The summed E-state index contributed by atoms with van der Waals surface area (Å²) in [7, 11) is 0. The van der Waals surface area contributed by atoms with Crippen LogP contribution in [-0.4, -0.2) is 21.4 Å². The van der Waals surface area contributed by atoms with Gasteiger partial charge in [-0.05, 0) is 54.4 Å². The van der Waals surface area contributed by atoms with Crippen molar-refractivity contribution in [1.29, 1.82) is 0 Å². The molecular weight excluding hydrogens is 418 g/mol. The van der Waals surface area contributed by atoms with Crippen LogP contribution in [-0.2, 0) is 24.3 Å². The molecule has 164 valence electrons. The molecule has 1 aliphatic heterocycles. The van der Waals surface area contributed by atoms with E-state index in [4.69, 9.17) is 4.74 Å². The predicted octanol–water partition coefficient (Wildman–Crippen LogP) is 3.95. The molecule has 1 amide bonds. The Balaban J connectivity index is 1.24. The lowest BCUT2D eigenvalue weighted by atomic mass is 10.1. The number of anilines is 1. The fraction of sp³-hybridized carbons (Fsp3) is 0.154. The zero-order chi connectivity index (χ0) is 22.8. The van der Waals surface area contributed by atoms with Gasteiger partial charge in [0.05, 0.1) is 16.5 Å². The number of rotatable bonds is 5. The van der Waals surface area contributed by atoms with Gasteiger partial charge >= 0.3 is 5.97 Å². The summed E-state index contributed by atoms with van der Waals surface area (Å²) in [6.45, 7) is 0.755. The van der Waals surface area contributed by atoms with Crippen LogP contribution in [0.3, 0.4) is 0 Å². The molecule has 2 heterocycles. The van der Waals surface area contributed by atoms with Crippen LogP contribution in [0, 0.1) is 0 Å². The molecule has 7 nitrogen and oxygen atoms in total. The summed E-state index contributed by atoms with van der Waals surface area (Å²) >= 11 is 0. The van der Waals surface area contributed by atoms with Crippen molar-refractivity contribution in [1.82, 2.24) is 9.55 Å². The molecule has 4 aromatic rings. The molecule has 0 bridgehead atoms. The number of hydrogen-bond acceptors (Lipinski definition) is 5. The summed E-state index contributed by atoms with van der Waals surface area (Å²) < 4.78 is 7.13. The highest BCUT2D eigenvalue weighted by atomic mass is 16.5. The second-order valence-corrected chi connectivity index (χ2v) is 7.91. The number of aryl methyl sites for hydroxylation is 1. The zero-order valence-electron chi connectivity index (χ0n) is 17.8. The highest BCUT2D eigenvalue weighted by Crippen LogP contribution is 2.17. The Bertz CT molecular complexity index is 1410. The minimum Gasteiger partial charge on any atom is -0.457 e. The maximum absolute atomic E-state index is 12.6. The number of fused-ring (bicyclic) bond motifs is 2. The maximum Gasteiger partial charge on any atom is 0.338 e. The molecular formula is C26H21N3O4. The van der Waals surface area contributed by atoms with Gasteiger partial charge in [0, 0.05) is 24.2 Å². The molecule has 1 aliphatic rings. The maximum atomic E-state index is 12.6. The third-order valence-electron chi connectivity index (χ3n) is 5.67. The Morgan fingerprint density at radius 2 is 1.73 bits per heavy atom. The van der Waals surface area contributed by atoms with Crippen LogP contribution in [0.4, 0.5) is 5.69 Å². The normalized spacial score (nSPS) is 12.4. The van der Waals surface area contributed by atoms with Crippen molar-refractivity contribution in [3.63, 3.8) is 0 Å². The molecule has 1 N–H and O–H groups in total. The topological polar surface area (TPSA) is 90.3 Å². The van der Waals surface area contributed by atoms with E-state index in [0.29, 0.717) is 28.6 Å². The van der Waals surface area contributed by atoms with E-state index in [9.17, 15) is 14.4 Å². The molecule has 33 heavy (non-hydrogen) atoms. The molecule has 0 saturated heterocycles. The fourth-order valence-corrected chi connectivity index (χ4v) is 3.92. The van der Waals surface area contributed by atoms with Crippen molar-refractivity contribution in [3.05, 3.63) is 106 Å². The van der Waals surface area contributed by atoms with E-state index < -0.39 is 5.97 Å². The molecule has 0 spiro atoms. The first-order chi connectivity index (χ1) is 16.1. The Hall–Kier alpha value is -4.26. The fourth-order valence-electron chi connectivity index (χ4n) is 3.92. The van der Waals surface area contributed by atoms with Crippen LogP contribution < -0.4 is 10.9 Å². The Morgan fingerprint density at radius 1 is 0.970 bits per heavy atom. The van der Waals surface area contributed by atoms with Gasteiger partial charge in [0.15, 0.2) is 0 Å². The van der Waals surface area contributed by atoms with Gasteiger partial charge in [0.1, 0.15) is 12.4 Å². The standard InChI is InChI=1S/C26H21N3O4/c30-24(27-20-5-2-1-3-6-20)18-10-8-17(9-11-18)16-33-26(32)19-12-13-21-22(15-19)28-23-7-4-14-29(23)25(21)31/h1-3,5-6,8-13,15H,4,7,14,16H2,(H,27,30). The molecule has 0 radical (unpaired) electrons. The van der Waals surface area contributed by atoms with Gasteiger partial charge in [-0.2, -0.15) is 0 Å². The number of carbonyl (C=O) groups excluding carboxylic acids is 2. The van der Waals surface area contributed by atoms with E-state index in [1.165, 1.54) is 0 Å². The first-order valence-electron chi connectivity index (χ1n) is 10.7. The SMILES string of the molecule is O=C(Nc1ccccc1)c1ccc(COC(=O)c2ccc3c(=O)n4c(nc3c2)CCC4)cc1. The summed E-state index contributed by atoms with van der Waals surface area (Å²) in [4.78, 5) is 42.0. The van der Waals surface area contributed by atoms with E-state index in [1.54, 1.807) is 47.0 Å². The summed E-state index contributed by atoms with van der Waals surface area (Å²) in [6.07, 6.45) is 1.67. The lowest BCUT2D eigenvalue weighted by Gasteiger charge is -2.09. The monoisotopic (exact) mass is 439 g/mol. The van der Waals surface area contributed by atoms with E-state index in [2.05, 4.69) is 10.3 Å². The Morgan fingerprint density at radius 3 is 2.52 bits per heavy atom. The summed E-state index contributed by atoms with van der Waals surface area (Å²) in [6, 6.07) is 20.9. The average Bonchev–Trinajstić information content (AvgIpc) is 3.32.